The van der Waals surface area contributed by atoms with Crippen molar-refractivity contribution in [3.63, 3.8) is 0 Å². The standard InChI is InChI=1S/C14H19NOS/c1-9(16)8-10-6-5-7-11-12(10)15-13(17-11)14(2,3)4/h5-7,9,16H,8H2,1-4H3. The zero-order valence-corrected chi connectivity index (χ0v) is 11.6. The van der Waals surface area contributed by atoms with E-state index < -0.39 is 0 Å². The molecule has 0 aliphatic carbocycles. The van der Waals surface area contributed by atoms with Gasteiger partial charge in [0.15, 0.2) is 0 Å². The average Bonchev–Trinajstić information content (AvgIpc) is 2.60. The molecule has 92 valence electrons. The Balaban J connectivity index is 2.53. The summed E-state index contributed by atoms with van der Waals surface area (Å²) in [6.45, 7) is 8.35. The molecule has 2 rings (SSSR count). The second-order valence-electron chi connectivity index (χ2n) is 5.59. The van der Waals surface area contributed by atoms with Crippen LogP contribution in [0.15, 0.2) is 18.2 Å². The molecule has 2 aromatic rings. The van der Waals surface area contributed by atoms with E-state index in [1.165, 1.54) is 4.70 Å². The minimum absolute atomic E-state index is 0.0891. The number of hydrogen-bond donors (Lipinski definition) is 1. The summed E-state index contributed by atoms with van der Waals surface area (Å²) in [5.41, 5.74) is 2.29. The first-order valence-electron chi connectivity index (χ1n) is 5.95. The van der Waals surface area contributed by atoms with Crippen molar-refractivity contribution in [3.05, 3.63) is 28.8 Å². The third-order valence-corrected chi connectivity index (χ3v) is 4.11. The molecule has 0 aliphatic rings. The van der Waals surface area contributed by atoms with E-state index >= 15 is 0 Å². The molecule has 1 aromatic carbocycles. The van der Waals surface area contributed by atoms with Gasteiger partial charge in [-0.2, -0.15) is 0 Å². The van der Waals surface area contributed by atoms with Crippen LogP contribution in [0.4, 0.5) is 0 Å². The summed E-state index contributed by atoms with van der Waals surface area (Å²) in [5, 5.41) is 10.7. The summed E-state index contributed by atoms with van der Waals surface area (Å²) in [7, 11) is 0. The first-order valence-corrected chi connectivity index (χ1v) is 6.76. The lowest BCUT2D eigenvalue weighted by atomic mass is 9.98. The predicted molar refractivity (Wildman–Crippen MR) is 73.7 cm³/mol. The van der Waals surface area contributed by atoms with Crippen molar-refractivity contribution in [1.29, 1.82) is 0 Å². The second-order valence-corrected chi connectivity index (χ2v) is 6.62. The van der Waals surface area contributed by atoms with Crippen LogP contribution in [-0.2, 0) is 11.8 Å². The molecule has 1 N–H and O–H groups in total. The maximum atomic E-state index is 9.51. The fraction of sp³-hybridized carbons (Fsp3) is 0.500. The number of aliphatic hydroxyl groups is 1. The first kappa shape index (κ1) is 12.5. The number of benzene rings is 1. The van der Waals surface area contributed by atoms with E-state index in [0.29, 0.717) is 6.42 Å². The van der Waals surface area contributed by atoms with Crippen molar-refractivity contribution in [2.24, 2.45) is 0 Å². The Morgan fingerprint density at radius 1 is 1.35 bits per heavy atom. The number of aliphatic hydroxyl groups excluding tert-OH is 1. The number of hydrogen-bond acceptors (Lipinski definition) is 3. The fourth-order valence-corrected chi connectivity index (χ4v) is 2.88. The van der Waals surface area contributed by atoms with Gasteiger partial charge in [0.2, 0.25) is 0 Å². The second kappa shape index (κ2) is 4.39. The van der Waals surface area contributed by atoms with Crippen LogP contribution >= 0.6 is 11.3 Å². The van der Waals surface area contributed by atoms with Crippen LogP contribution in [0.5, 0.6) is 0 Å². The van der Waals surface area contributed by atoms with Crippen LogP contribution in [-0.4, -0.2) is 16.2 Å². The summed E-state index contributed by atoms with van der Waals surface area (Å²) >= 11 is 1.75. The highest BCUT2D eigenvalue weighted by Crippen LogP contribution is 2.32. The van der Waals surface area contributed by atoms with Crippen molar-refractivity contribution < 1.29 is 5.11 Å². The third-order valence-electron chi connectivity index (χ3n) is 2.66. The maximum absolute atomic E-state index is 9.51. The fourth-order valence-electron chi connectivity index (χ4n) is 1.81. The van der Waals surface area contributed by atoms with E-state index in [4.69, 9.17) is 4.98 Å². The molecule has 0 spiro atoms. The Bertz CT molecular complexity index is 522. The monoisotopic (exact) mass is 249 g/mol. The van der Waals surface area contributed by atoms with Gasteiger partial charge in [0, 0.05) is 11.8 Å². The summed E-state index contributed by atoms with van der Waals surface area (Å²) in [6.07, 6.45) is 0.352. The molecule has 1 aromatic heterocycles. The van der Waals surface area contributed by atoms with Crippen LogP contribution < -0.4 is 0 Å². The highest BCUT2D eigenvalue weighted by atomic mass is 32.1. The van der Waals surface area contributed by atoms with E-state index in [9.17, 15) is 5.11 Å². The molecular weight excluding hydrogens is 230 g/mol. The lowest BCUT2D eigenvalue weighted by Crippen LogP contribution is -2.10. The number of para-hydroxylation sites is 1. The third kappa shape index (κ3) is 2.67. The molecule has 0 bridgehead atoms. The summed E-state index contributed by atoms with van der Waals surface area (Å²) in [6, 6.07) is 6.21. The number of rotatable bonds is 2. The van der Waals surface area contributed by atoms with Gasteiger partial charge < -0.3 is 5.11 Å². The quantitative estimate of drug-likeness (QED) is 0.883. The topological polar surface area (TPSA) is 33.1 Å². The SMILES string of the molecule is CC(O)Cc1cccc2sc(C(C)(C)C)nc12. The van der Waals surface area contributed by atoms with Gasteiger partial charge >= 0.3 is 0 Å². The van der Waals surface area contributed by atoms with E-state index in [1.54, 1.807) is 11.3 Å². The molecule has 1 heterocycles. The Morgan fingerprint density at radius 2 is 2.06 bits per heavy atom. The van der Waals surface area contributed by atoms with Gasteiger partial charge in [0.05, 0.1) is 21.3 Å². The highest BCUT2D eigenvalue weighted by Gasteiger charge is 2.19. The normalized spacial score (nSPS) is 14.2. The van der Waals surface area contributed by atoms with Crippen LogP contribution in [0, 0.1) is 0 Å². The Hall–Kier alpha value is -0.930. The summed E-state index contributed by atoms with van der Waals surface area (Å²) < 4.78 is 1.22. The molecule has 3 heteroatoms. The van der Waals surface area contributed by atoms with Crippen molar-refractivity contribution in [3.8, 4) is 0 Å². The molecular formula is C14H19NOS. The Morgan fingerprint density at radius 3 is 2.65 bits per heavy atom. The lowest BCUT2D eigenvalue weighted by molar-refractivity contribution is 0.196. The number of nitrogens with zero attached hydrogens (tertiary/aromatic N) is 1. The van der Waals surface area contributed by atoms with Gasteiger partial charge in [-0.05, 0) is 18.6 Å². The minimum Gasteiger partial charge on any atom is -0.393 e. The van der Waals surface area contributed by atoms with Gasteiger partial charge in [-0.1, -0.05) is 32.9 Å². The van der Waals surface area contributed by atoms with E-state index in [1.807, 2.05) is 13.0 Å². The molecule has 0 radical (unpaired) electrons. The molecule has 0 fully saturated rings. The summed E-state index contributed by atoms with van der Waals surface area (Å²) in [5.74, 6) is 0. The zero-order valence-electron chi connectivity index (χ0n) is 10.8. The minimum atomic E-state index is -0.319. The van der Waals surface area contributed by atoms with Gasteiger partial charge in [-0.3, -0.25) is 0 Å². The molecule has 0 saturated carbocycles. The van der Waals surface area contributed by atoms with Crippen LogP contribution in [0.3, 0.4) is 0 Å². The van der Waals surface area contributed by atoms with E-state index in [-0.39, 0.29) is 11.5 Å². The smallest absolute Gasteiger partial charge is 0.0992 e. The van der Waals surface area contributed by atoms with Crippen LogP contribution in [0.2, 0.25) is 0 Å². The molecule has 0 amide bonds. The maximum Gasteiger partial charge on any atom is 0.0992 e. The average molecular weight is 249 g/mol. The Kier molecular flexibility index (Phi) is 3.23. The highest BCUT2D eigenvalue weighted by molar-refractivity contribution is 7.18. The van der Waals surface area contributed by atoms with E-state index in [0.717, 1.165) is 16.1 Å². The Labute approximate surface area is 106 Å². The van der Waals surface area contributed by atoms with Crippen LogP contribution in [0.1, 0.15) is 38.3 Å². The van der Waals surface area contributed by atoms with Crippen molar-refractivity contribution >= 4 is 21.6 Å². The van der Waals surface area contributed by atoms with Gasteiger partial charge in [0.1, 0.15) is 0 Å². The predicted octanol–water partition coefficient (Wildman–Crippen LogP) is 3.52. The van der Waals surface area contributed by atoms with Gasteiger partial charge in [-0.25, -0.2) is 4.98 Å². The van der Waals surface area contributed by atoms with Gasteiger partial charge in [0.25, 0.3) is 0 Å². The van der Waals surface area contributed by atoms with Gasteiger partial charge in [-0.15, -0.1) is 11.3 Å². The molecule has 2 nitrogen and oxygen atoms in total. The molecule has 1 atom stereocenters. The largest absolute Gasteiger partial charge is 0.393 e. The number of fused-ring (bicyclic) bond motifs is 1. The lowest BCUT2D eigenvalue weighted by Gasteiger charge is -2.13. The summed E-state index contributed by atoms with van der Waals surface area (Å²) in [4.78, 5) is 4.74. The zero-order chi connectivity index (χ0) is 12.6. The molecule has 0 saturated heterocycles. The molecule has 0 aliphatic heterocycles. The molecule has 17 heavy (non-hydrogen) atoms. The number of thiazole rings is 1. The molecule has 1 unspecified atom stereocenters. The van der Waals surface area contributed by atoms with Crippen molar-refractivity contribution in [2.75, 3.05) is 0 Å². The van der Waals surface area contributed by atoms with Crippen LogP contribution in [0.25, 0.3) is 10.2 Å². The van der Waals surface area contributed by atoms with E-state index in [2.05, 4.69) is 32.9 Å². The van der Waals surface area contributed by atoms with Crippen molar-refractivity contribution in [2.45, 2.75) is 45.6 Å². The first-order chi connectivity index (χ1) is 7.88. The number of aromatic nitrogens is 1. The van der Waals surface area contributed by atoms with Crippen molar-refractivity contribution in [1.82, 2.24) is 4.98 Å².